The molecule has 2 amide bonds. The fourth-order valence-corrected chi connectivity index (χ4v) is 3.01. The molecule has 0 saturated heterocycles. The van der Waals surface area contributed by atoms with Crippen molar-refractivity contribution in [2.24, 2.45) is 5.41 Å². The Hall–Kier alpha value is -3.72. The van der Waals surface area contributed by atoms with Crippen LogP contribution in [0, 0.1) is 16.7 Å². The van der Waals surface area contributed by atoms with E-state index in [9.17, 15) is 9.59 Å². The summed E-state index contributed by atoms with van der Waals surface area (Å²) in [5.41, 5.74) is 1.29. The number of para-hydroxylation sites is 1. The van der Waals surface area contributed by atoms with Gasteiger partial charge in [-0.1, -0.05) is 18.2 Å². The van der Waals surface area contributed by atoms with Crippen LogP contribution >= 0.6 is 0 Å². The number of nitrogens with zero attached hydrogens (tertiary/aromatic N) is 2. The molecule has 0 atom stereocenters. The van der Waals surface area contributed by atoms with Gasteiger partial charge in [-0.3, -0.25) is 14.6 Å². The Bertz CT molecular complexity index is 1070. The van der Waals surface area contributed by atoms with Gasteiger partial charge in [-0.05, 0) is 49.2 Å². The van der Waals surface area contributed by atoms with Crippen molar-refractivity contribution in [2.45, 2.75) is 12.8 Å². The van der Waals surface area contributed by atoms with E-state index < -0.39 is 5.41 Å². The quantitative estimate of drug-likeness (QED) is 0.700. The molecule has 1 aliphatic rings. The minimum atomic E-state index is -1.06. The van der Waals surface area contributed by atoms with Gasteiger partial charge in [-0.25, -0.2) is 0 Å². The van der Waals surface area contributed by atoms with Gasteiger partial charge in [-0.15, -0.1) is 0 Å². The summed E-state index contributed by atoms with van der Waals surface area (Å²) in [6, 6.07) is 17.9. The van der Waals surface area contributed by atoms with Crippen LogP contribution in [0.2, 0.25) is 0 Å². The highest BCUT2D eigenvalue weighted by Gasteiger charge is 2.56. The van der Waals surface area contributed by atoms with Crippen molar-refractivity contribution in [1.29, 1.82) is 5.26 Å². The number of hydrogen-bond donors (Lipinski definition) is 2. The number of benzene rings is 2. The Labute approximate surface area is 155 Å². The Morgan fingerprint density at radius 3 is 2.37 bits per heavy atom. The monoisotopic (exact) mass is 356 g/mol. The number of nitriles is 1. The average Bonchev–Trinajstić information content (AvgIpc) is 3.51. The number of anilines is 2. The number of fused-ring (bicyclic) bond motifs is 1. The highest BCUT2D eigenvalue weighted by Crippen LogP contribution is 2.47. The lowest BCUT2D eigenvalue weighted by Gasteiger charge is -2.16. The van der Waals surface area contributed by atoms with Crippen molar-refractivity contribution in [3.63, 3.8) is 0 Å². The summed E-state index contributed by atoms with van der Waals surface area (Å²) in [7, 11) is 0. The molecule has 0 unspecified atom stereocenters. The molecule has 132 valence electrons. The van der Waals surface area contributed by atoms with Crippen LogP contribution < -0.4 is 10.6 Å². The lowest BCUT2D eigenvalue weighted by molar-refractivity contribution is -0.131. The molecule has 6 heteroatoms. The summed E-state index contributed by atoms with van der Waals surface area (Å²) in [6.07, 6.45) is 2.67. The molecule has 2 N–H and O–H groups in total. The van der Waals surface area contributed by atoms with Crippen molar-refractivity contribution in [3.8, 4) is 6.07 Å². The normalized spacial score (nSPS) is 14.2. The molecule has 0 aliphatic heterocycles. The van der Waals surface area contributed by atoms with Gasteiger partial charge in [0.15, 0.2) is 0 Å². The van der Waals surface area contributed by atoms with E-state index in [1.165, 1.54) is 0 Å². The summed E-state index contributed by atoms with van der Waals surface area (Å²) >= 11 is 0. The number of hydrogen-bond acceptors (Lipinski definition) is 4. The maximum Gasteiger partial charge on any atom is 0.240 e. The van der Waals surface area contributed by atoms with Crippen molar-refractivity contribution < 1.29 is 9.59 Å². The van der Waals surface area contributed by atoms with Crippen LogP contribution in [0.3, 0.4) is 0 Å². The molecule has 1 aromatic heterocycles. The van der Waals surface area contributed by atoms with Crippen LogP contribution in [-0.2, 0) is 9.59 Å². The third-order valence-electron chi connectivity index (χ3n) is 4.77. The van der Waals surface area contributed by atoms with E-state index in [0.29, 0.717) is 35.3 Å². The fraction of sp³-hybridized carbons (Fsp3) is 0.143. The summed E-state index contributed by atoms with van der Waals surface area (Å²) in [6.45, 7) is 0. The number of nitrogens with one attached hydrogen (secondary N) is 2. The Kier molecular flexibility index (Phi) is 4.05. The van der Waals surface area contributed by atoms with Crippen LogP contribution in [0.5, 0.6) is 0 Å². The SMILES string of the molecule is N#Cc1ccc(NC(=O)C2(C(=O)Nc3cccc4cccnc34)CC2)cc1. The number of rotatable bonds is 4. The van der Waals surface area contributed by atoms with Gasteiger partial charge < -0.3 is 10.6 Å². The second-order valence-corrected chi connectivity index (χ2v) is 6.56. The smallest absolute Gasteiger partial charge is 0.240 e. The lowest BCUT2D eigenvalue weighted by atomic mass is 10.0. The first kappa shape index (κ1) is 16.7. The topological polar surface area (TPSA) is 94.9 Å². The summed E-state index contributed by atoms with van der Waals surface area (Å²) < 4.78 is 0. The van der Waals surface area contributed by atoms with E-state index in [1.807, 2.05) is 30.3 Å². The molecule has 6 nitrogen and oxygen atoms in total. The van der Waals surface area contributed by atoms with Crippen LogP contribution in [0.1, 0.15) is 18.4 Å². The number of pyridine rings is 1. The molecule has 3 aromatic rings. The molecular formula is C21H16N4O2. The van der Waals surface area contributed by atoms with E-state index in [1.54, 1.807) is 36.5 Å². The summed E-state index contributed by atoms with van der Waals surface area (Å²) in [4.78, 5) is 29.8. The molecule has 0 bridgehead atoms. The van der Waals surface area contributed by atoms with Gasteiger partial charge >= 0.3 is 0 Å². The molecule has 0 spiro atoms. The largest absolute Gasteiger partial charge is 0.325 e. The van der Waals surface area contributed by atoms with Crippen molar-refractivity contribution in [2.75, 3.05) is 10.6 Å². The Morgan fingerprint density at radius 2 is 1.67 bits per heavy atom. The molecule has 27 heavy (non-hydrogen) atoms. The third kappa shape index (κ3) is 3.11. The van der Waals surface area contributed by atoms with E-state index in [4.69, 9.17) is 5.26 Å². The zero-order valence-corrected chi connectivity index (χ0v) is 14.4. The number of aromatic nitrogens is 1. The highest BCUT2D eigenvalue weighted by atomic mass is 16.2. The molecule has 2 aromatic carbocycles. The van der Waals surface area contributed by atoms with Crippen molar-refractivity contribution in [1.82, 2.24) is 4.98 Å². The minimum Gasteiger partial charge on any atom is -0.325 e. The summed E-state index contributed by atoms with van der Waals surface area (Å²) in [5.74, 6) is -0.662. The van der Waals surface area contributed by atoms with E-state index >= 15 is 0 Å². The van der Waals surface area contributed by atoms with Gasteiger partial charge in [0.05, 0.1) is 22.8 Å². The predicted octanol–water partition coefficient (Wildman–Crippen LogP) is 3.46. The number of carbonyl (C=O) groups excluding carboxylic acids is 2. The highest BCUT2D eigenvalue weighted by molar-refractivity contribution is 6.18. The van der Waals surface area contributed by atoms with Gasteiger partial charge in [0.25, 0.3) is 0 Å². The number of carbonyl (C=O) groups is 2. The number of amides is 2. The maximum atomic E-state index is 12.8. The molecule has 1 saturated carbocycles. The Morgan fingerprint density at radius 1 is 0.963 bits per heavy atom. The average molecular weight is 356 g/mol. The van der Waals surface area contributed by atoms with Crippen molar-refractivity contribution >= 4 is 34.1 Å². The minimum absolute atomic E-state index is 0.327. The Balaban J connectivity index is 1.52. The first-order chi connectivity index (χ1) is 13.1. The van der Waals surface area contributed by atoms with Crippen LogP contribution in [0.15, 0.2) is 60.8 Å². The van der Waals surface area contributed by atoms with Gasteiger partial charge in [-0.2, -0.15) is 5.26 Å². The van der Waals surface area contributed by atoms with Crippen molar-refractivity contribution in [3.05, 3.63) is 66.4 Å². The fourth-order valence-electron chi connectivity index (χ4n) is 3.01. The second kappa shape index (κ2) is 6.54. The molecule has 0 radical (unpaired) electrons. The van der Waals surface area contributed by atoms with E-state index in [2.05, 4.69) is 15.6 Å². The van der Waals surface area contributed by atoms with Crippen LogP contribution in [0.4, 0.5) is 11.4 Å². The molecule has 1 heterocycles. The van der Waals surface area contributed by atoms with E-state index in [0.717, 1.165) is 5.39 Å². The van der Waals surface area contributed by atoms with Gasteiger partial charge in [0, 0.05) is 17.3 Å². The maximum absolute atomic E-state index is 12.8. The molecular weight excluding hydrogens is 340 g/mol. The van der Waals surface area contributed by atoms with Gasteiger partial charge in [0.1, 0.15) is 5.41 Å². The zero-order chi connectivity index (χ0) is 18.9. The predicted molar refractivity (Wildman–Crippen MR) is 102 cm³/mol. The molecule has 1 fully saturated rings. The van der Waals surface area contributed by atoms with Crippen LogP contribution in [-0.4, -0.2) is 16.8 Å². The first-order valence-electron chi connectivity index (χ1n) is 8.59. The first-order valence-corrected chi connectivity index (χ1v) is 8.59. The zero-order valence-electron chi connectivity index (χ0n) is 14.4. The van der Waals surface area contributed by atoms with E-state index in [-0.39, 0.29) is 11.8 Å². The lowest BCUT2D eigenvalue weighted by Crippen LogP contribution is -2.35. The second-order valence-electron chi connectivity index (χ2n) is 6.56. The molecule has 1 aliphatic carbocycles. The third-order valence-corrected chi connectivity index (χ3v) is 4.77. The van der Waals surface area contributed by atoms with Crippen LogP contribution in [0.25, 0.3) is 10.9 Å². The standard InChI is InChI=1S/C21H16N4O2/c22-13-14-6-8-16(9-7-14)24-19(26)21(10-11-21)20(27)25-17-5-1-3-15-4-2-12-23-18(15)17/h1-9,12H,10-11H2,(H,24,26)(H,25,27). The molecule has 4 rings (SSSR count). The summed E-state index contributed by atoms with van der Waals surface area (Å²) in [5, 5.41) is 15.4. The van der Waals surface area contributed by atoms with Gasteiger partial charge in [0.2, 0.25) is 11.8 Å².